The van der Waals surface area contributed by atoms with Crippen molar-refractivity contribution in [3.63, 3.8) is 0 Å². The van der Waals surface area contributed by atoms with Crippen LogP contribution in [0.15, 0.2) is 48.8 Å². The number of nitrogens with two attached hydrogens (primary N) is 1. The van der Waals surface area contributed by atoms with Gasteiger partial charge in [-0.05, 0) is 36.2 Å². The molecule has 0 fully saturated rings. The van der Waals surface area contributed by atoms with Crippen molar-refractivity contribution >= 4 is 40.3 Å². The molecule has 0 saturated carbocycles. The van der Waals surface area contributed by atoms with E-state index in [0.717, 1.165) is 17.7 Å². The summed E-state index contributed by atoms with van der Waals surface area (Å²) in [5.74, 6) is 0.419. The molecule has 0 atom stereocenters. The molecule has 128 valence electrons. The molecule has 4 N–H and O–H groups in total. The molecule has 0 saturated heterocycles. The topological polar surface area (TPSA) is 75.9 Å². The third-order valence-electron chi connectivity index (χ3n) is 3.72. The molecule has 2 aromatic carbocycles. The highest BCUT2D eigenvalue weighted by Crippen LogP contribution is 2.30. The van der Waals surface area contributed by atoms with E-state index in [1.807, 2.05) is 24.3 Å². The molecule has 0 amide bonds. The fraction of sp³-hybridized carbons (Fsp3) is 0.111. The van der Waals surface area contributed by atoms with Gasteiger partial charge in [0.1, 0.15) is 17.8 Å². The average Bonchev–Trinajstić information content (AvgIpc) is 2.62. The van der Waals surface area contributed by atoms with Crippen molar-refractivity contribution in [3.05, 3.63) is 65.2 Å². The molecular weight excluding hydrogens is 341 g/mol. The molecule has 0 aliphatic rings. The average molecular weight is 358 g/mol. The van der Waals surface area contributed by atoms with Gasteiger partial charge >= 0.3 is 0 Å². The summed E-state index contributed by atoms with van der Waals surface area (Å²) >= 11 is 5.80. The van der Waals surface area contributed by atoms with Gasteiger partial charge in [0.05, 0.1) is 5.02 Å². The lowest BCUT2D eigenvalue weighted by atomic mass is 10.1. The van der Waals surface area contributed by atoms with Crippen LogP contribution < -0.4 is 16.4 Å². The van der Waals surface area contributed by atoms with Crippen LogP contribution in [0.25, 0.3) is 0 Å². The van der Waals surface area contributed by atoms with Gasteiger partial charge in [-0.1, -0.05) is 36.7 Å². The van der Waals surface area contributed by atoms with E-state index in [1.54, 1.807) is 6.07 Å². The molecule has 3 rings (SSSR count). The van der Waals surface area contributed by atoms with Crippen molar-refractivity contribution in [2.24, 2.45) is 0 Å². The highest BCUT2D eigenvalue weighted by atomic mass is 35.5. The number of anilines is 5. The minimum absolute atomic E-state index is 0.0212. The Kier molecular flexibility index (Phi) is 5.00. The number of rotatable bonds is 5. The molecule has 0 spiro atoms. The first-order valence-corrected chi connectivity index (χ1v) is 8.13. The number of benzene rings is 2. The summed E-state index contributed by atoms with van der Waals surface area (Å²) in [5.41, 5.74) is 9.21. The second-order valence-corrected chi connectivity index (χ2v) is 5.78. The number of aromatic nitrogens is 2. The van der Waals surface area contributed by atoms with Crippen LogP contribution in [0.2, 0.25) is 5.02 Å². The number of hydrogen-bond donors (Lipinski definition) is 3. The van der Waals surface area contributed by atoms with Gasteiger partial charge in [-0.25, -0.2) is 14.4 Å². The Morgan fingerprint density at radius 1 is 1.08 bits per heavy atom. The van der Waals surface area contributed by atoms with Gasteiger partial charge in [0.15, 0.2) is 11.6 Å². The van der Waals surface area contributed by atoms with Gasteiger partial charge in [0.25, 0.3) is 0 Å². The third-order valence-corrected chi connectivity index (χ3v) is 4.01. The van der Waals surface area contributed by atoms with Crippen LogP contribution in [0.3, 0.4) is 0 Å². The zero-order valence-electron chi connectivity index (χ0n) is 13.6. The van der Waals surface area contributed by atoms with Crippen LogP contribution >= 0.6 is 11.6 Å². The van der Waals surface area contributed by atoms with Crippen molar-refractivity contribution < 1.29 is 4.39 Å². The molecule has 0 bridgehead atoms. The molecule has 0 aliphatic heterocycles. The SMILES string of the molecule is CCc1ccccc1Nc1ncnc(Nc2ccc(F)c(Cl)c2)c1N. The predicted molar refractivity (Wildman–Crippen MR) is 100 cm³/mol. The molecule has 0 unspecified atom stereocenters. The molecular formula is C18H17ClFN5. The molecule has 25 heavy (non-hydrogen) atoms. The van der Waals surface area contributed by atoms with Crippen LogP contribution in [-0.4, -0.2) is 9.97 Å². The third kappa shape index (κ3) is 3.80. The monoisotopic (exact) mass is 357 g/mol. The Bertz CT molecular complexity index is 900. The van der Waals surface area contributed by atoms with Crippen LogP contribution in [-0.2, 0) is 6.42 Å². The second kappa shape index (κ2) is 7.36. The number of para-hydroxylation sites is 1. The molecule has 1 aromatic heterocycles. The van der Waals surface area contributed by atoms with Crippen molar-refractivity contribution in [1.29, 1.82) is 0 Å². The van der Waals surface area contributed by atoms with Crippen LogP contribution in [0.4, 0.5) is 33.1 Å². The number of nitrogens with zero attached hydrogens (tertiary/aromatic N) is 2. The minimum Gasteiger partial charge on any atom is -0.393 e. The highest BCUT2D eigenvalue weighted by molar-refractivity contribution is 6.31. The van der Waals surface area contributed by atoms with E-state index in [2.05, 4.69) is 27.5 Å². The van der Waals surface area contributed by atoms with E-state index in [9.17, 15) is 4.39 Å². The zero-order valence-corrected chi connectivity index (χ0v) is 14.3. The minimum atomic E-state index is -0.485. The predicted octanol–water partition coefficient (Wildman–Crippen LogP) is 4.90. The maximum absolute atomic E-state index is 13.3. The van der Waals surface area contributed by atoms with E-state index >= 15 is 0 Å². The van der Waals surface area contributed by atoms with Crippen LogP contribution in [0.5, 0.6) is 0 Å². The fourth-order valence-electron chi connectivity index (χ4n) is 2.38. The smallest absolute Gasteiger partial charge is 0.159 e. The Hall–Kier alpha value is -2.86. The molecule has 0 radical (unpaired) electrons. The van der Waals surface area contributed by atoms with Gasteiger partial charge in [0, 0.05) is 11.4 Å². The maximum Gasteiger partial charge on any atom is 0.159 e. The quantitative estimate of drug-likeness (QED) is 0.605. The van der Waals surface area contributed by atoms with Crippen molar-refractivity contribution in [3.8, 4) is 0 Å². The van der Waals surface area contributed by atoms with E-state index < -0.39 is 5.82 Å². The van der Waals surface area contributed by atoms with Gasteiger partial charge < -0.3 is 16.4 Å². The number of halogens is 2. The van der Waals surface area contributed by atoms with Crippen molar-refractivity contribution in [2.75, 3.05) is 16.4 Å². The molecule has 7 heteroatoms. The molecule has 5 nitrogen and oxygen atoms in total. The summed E-state index contributed by atoms with van der Waals surface area (Å²) in [7, 11) is 0. The van der Waals surface area contributed by atoms with Gasteiger partial charge in [-0.3, -0.25) is 0 Å². The van der Waals surface area contributed by atoms with Gasteiger partial charge in [-0.15, -0.1) is 0 Å². The van der Waals surface area contributed by atoms with Crippen molar-refractivity contribution in [1.82, 2.24) is 9.97 Å². The lowest BCUT2D eigenvalue weighted by Gasteiger charge is -2.14. The number of aryl methyl sites for hydroxylation is 1. The van der Waals surface area contributed by atoms with Crippen molar-refractivity contribution in [2.45, 2.75) is 13.3 Å². The van der Waals surface area contributed by atoms with E-state index in [-0.39, 0.29) is 5.02 Å². The van der Waals surface area contributed by atoms with E-state index in [0.29, 0.717) is 23.0 Å². The lowest BCUT2D eigenvalue weighted by Crippen LogP contribution is -2.06. The summed E-state index contributed by atoms with van der Waals surface area (Å²) in [5, 5.41) is 6.29. The zero-order chi connectivity index (χ0) is 17.8. The van der Waals surface area contributed by atoms with E-state index in [1.165, 1.54) is 18.5 Å². The van der Waals surface area contributed by atoms with Gasteiger partial charge in [-0.2, -0.15) is 0 Å². The number of nitrogens with one attached hydrogen (secondary N) is 2. The van der Waals surface area contributed by atoms with Crippen LogP contribution in [0, 0.1) is 5.82 Å². The first-order chi connectivity index (χ1) is 12.1. The molecule has 1 heterocycles. The molecule has 3 aromatic rings. The maximum atomic E-state index is 13.3. The van der Waals surface area contributed by atoms with Crippen LogP contribution in [0.1, 0.15) is 12.5 Å². The largest absolute Gasteiger partial charge is 0.393 e. The molecule has 0 aliphatic carbocycles. The Labute approximate surface area is 150 Å². The summed E-state index contributed by atoms with van der Waals surface area (Å²) < 4.78 is 13.3. The second-order valence-electron chi connectivity index (χ2n) is 5.37. The summed E-state index contributed by atoms with van der Waals surface area (Å²) in [6, 6.07) is 12.2. The van der Waals surface area contributed by atoms with Gasteiger partial charge in [0.2, 0.25) is 0 Å². The fourth-order valence-corrected chi connectivity index (χ4v) is 2.56. The lowest BCUT2D eigenvalue weighted by molar-refractivity contribution is 0.628. The summed E-state index contributed by atoms with van der Waals surface area (Å²) in [6.45, 7) is 2.08. The standard InChI is InChI=1S/C18H17ClFN5/c1-2-11-5-3-4-6-15(11)25-18-16(21)17(22-10-23-18)24-12-7-8-14(20)13(19)9-12/h3-10H,2,21H2,1H3,(H2,22,23,24,25). The Morgan fingerprint density at radius 3 is 2.52 bits per heavy atom. The Balaban J connectivity index is 1.88. The summed E-state index contributed by atoms with van der Waals surface area (Å²) in [6.07, 6.45) is 2.29. The highest BCUT2D eigenvalue weighted by Gasteiger charge is 2.11. The number of nitrogen functional groups attached to an aromatic ring is 1. The summed E-state index contributed by atoms with van der Waals surface area (Å²) in [4.78, 5) is 8.36. The Morgan fingerprint density at radius 2 is 1.80 bits per heavy atom. The number of hydrogen-bond acceptors (Lipinski definition) is 5. The first-order valence-electron chi connectivity index (χ1n) is 7.76. The first kappa shape index (κ1) is 17.0. The normalized spacial score (nSPS) is 10.5. The van der Waals surface area contributed by atoms with E-state index in [4.69, 9.17) is 17.3 Å².